The van der Waals surface area contributed by atoms with Gasteiger partial charge in [0.05, 0.1) is 12.7 Å². The number of carbonyl (C=O) groups is 1. The fourth-order valence-electron chi connectivity index (χ4n) is 7.63. The Kier molecular flexibility index (Phi) is 5.37. The molecule has 0 amide bonds. The van der Waals surface area contributed by atoms with Crippen molar-refractivity contribution in [2.45, 2.75) is 63.6 Å². The molecule has 0 saturated heterocycles. The van der Waals surface area contributed by atoms with Gasteiger partial charge >= 0.3 is 5.97 Å². The number of fused-ring (bicyclic) bond motifs is 1. The van der Waals surface area contributed by atoms with Crippen molar-refractivity contribution in [3.05, 3.63) is 65.7 Å². The molecular weight excluding hydrogens is 448 g/mol. The van der Waals surface area contributed by atoms with Gasteiger partial charge in [0.2, 0.25) is 8.32 Å². The van der Waals surface area contributed by atoms with Crippen molar-refractivity contribution in [2.75, 3.05) is 7.11 Å². The molecular formula is C31H36O3Si. The van der Waals surface area contributed by atoms with Gasteiger partial charge in [-0.15, -0.1) is 0 Å². The summed E-state index contributed by atoms with van der Waals surface area (Å²) in [6.45, 7) is 6.10. The van der Waals surface area contributed by atoms with Crippen LogP contribution in [0.2, 0.25) is 19.6 Å². The van der Waals surface area contributed by atoms with Crippen LogP contribution in [0.15, 0.2) is 54.6 Å². The van der Waals surface area contributed by atoms with Crippen molar-refractivity contribution >= 4 is 25.1 Å². The van der Waals surface area contributed by atoms with Crippen LogP contribution in [-0.2, 0) is 9.84 Å². The molecule has 4 fully saturated rings. The molecule has 7 rings (SSSR count). The average molecular weight is 485 g/mol. The maximum atomic E-state index is 12.6. The van der Waals surface area contributed by atoms with Crippen LogP contribution in [0.5, 0.6) is 5.75 Å². The Bertz CT molecular complexity index is 1270. The van der Waals surface area contributed by atoms with Crippen molar-refractivity contribution in [3.8, 4) is 16.9 Å². The lowest BCUT2D eigenvalue weighted by Gasteiger charge is -2.57. The quantitative estimate of drug-likeness (QED) is 0.344. The van der Waals surface area contributed by atoms with E-state index in [-0.39, 0.29) is 5.97 Å². The van der Waals surface area contributed by atoms with Crippen LogP contribution >= 0.6 is 0 Å². The Labute approximate surface area is 210 Å². The molecule has 0 heterocycles. The standard InChI is InChI=1S/C31H36O3Si/c1-33-29-10-9-26(16-28(29)31-17-20-11-21(18-31)13-22(12-20)19-31)24-5-6-25-15-27(8-7-23(25)14-24)30(32)34-35(2,3)4/h5-10,14-16,20-22H,11-13,17-19H2,1-4H3. The fourth-order valence-corrected chi connectivity index (χ4v) is 8.31. The van der Waals surface area contributed by atoms with Crippen molar-refractivity contribution in [3.63, 3.8) is 0 Å². The van der Waals surface area contributed by atoms with Crippen LogP contribution in [-0.4, -0.2) is 21.4 Å². The van der Waals surface area contributed by atoms with Gasteiger partial charge in [-0.1, -0.05) is 24.3 Å². The normalized spacial score (nSPS) is 27.3. The molecule has 3 aromatic carbocycles. The van der Waals surface area contributed by atoms with E-state index in [1.54, 1.807) is 0 Å². The van der Waals surface area contributed by atoms with Crippen molar-refractivity contribution in [2.24, 2.45) is 17.8 Å². The highest BCUT2D eigenvalue weighted by molar-refractivity contribution is 6.71. The Balaban J connectivity index is 1.35. The van der Waals surface area contributed by atoms with Crippen molar-refractivity contribution in [1.82, 2.24) is 0 Å². The second-order valence-corrected chi connectivity index (χ2v) is 16.8. The second kappa shape index (κ2) is 8.23. The van der Waals surface area contributed by atoms with E-state index in [1.165, 1.54) is 55.2 Å². The minimum Gasteiger partial charge on any atom is -0.516 e. The predicted octanol–water partition coefficient (Wildman–Crippen LogP) is 7.97. The summed E-state index contributed by atoms with van der Waals surface area (Å²) in [5, 5.41) is 2.20. The topological polar surface area (TPSA) is 35.5 Å². The molecule has 0 radical (unpaired) electrons. The third kappa shape index (κ3) is 4.20. The number of carbonyl (C=O) groups excluding carboxylic acids is 1. The number of benzene rings is 3. The summed E-state index contributed by atoms with van der Waals surface area (Å²) in [5.41, 5.74) is 4.81. The Morgan fingerprint density at radius 3 is 2.00 bits per heavy atom. The molecule has 0 unspecified atom stereocenters. The van der Waals surface area contributed by atoms with Crippen LogP contribution in [0.1, 0.15) is 54.4 Å². The third-order valence-electron chi connectivity index (χ3n) is 8.62. The minimum absolute atomic E-state index is 0.217. The van der Waals surface area contributed by atoms with Crippen LogP contribution in [0, 0.1) is 17.8 Å². The number of hydrogen-bond donors (Lipinski definition) is 0. The average Bonchev–Trinajstić information content (AvgIpc) is 2.81. The molecule has 35 heavy (non-hydrogen) atoms. The highest BCUT2D eigenvalue weighted by atomic mass is 28.4. The molecule has 0 aliphatic heterocycles. The zero-order valence-electron chi connectivity index (χ0n) is 21.4. The first-order valence-corrected chi connectivity index (χ1v) is 16.6. The Hall–Kier alpha value is -2.59. The zero-order chi connectivity index (χ0) is 24.4. The molecule has 4 aliphatic rings. The number of hydrogen-bond acceptors (Lipinski definition) is 3. The molecule has 0 spiro atoms. The van der Waals surface area contributed by atoms with Gasteiger partial charge in [-0.2, -0.15) is 0 Å². The first kappa shape index (κ1) is 22.8. The highest BCUT2D eigenvalue weighted by Crippen LogP contribution is 2.62. The summed E-state index contributed by atoms with van der Waals surface area (Å²) in [7, 11) is -0.103. The molecule has 4 heteroatoms. The van der Waals surface area contributed by atoms with Crippen molar-refractivity contribution in [1.29, 1.82) is 0 Å². The molecule has 4 aliphatic carbocycles. The van der Waals surface area contributed by atoms with Gasteiger partial charge in [0.1, 0.15) is 5.75 Å². The second-order valence-electron chi connectivity index (χ2n) is 12.4. The molecule has 0 aromatic heterocycles. The Morgan fingerprint density at radius 2 is 1.37 bits per heavy atom. The maximum absolute atomic E-state index is 12.6. The Morgan fingerprint density at radius 1 is 0.800 bits per heavy atom. The highest BCUT2D eigenvalue weighted by Gasteiger charge is 2.52. The molecule has 4 saturated carbocycles. The molecule has 0 N–H and O–H groups in total. The van der Waals surface area contributed by atoms with E-state index in [9.17, 15) is 4.79 Å². The van der Waals surface area contributed by atoms with E-state index in [2.05, 4.69) is 36.4 Å². The lowest BCUT2D eigenvalue weighted by molar-refractivity contribution is -0.00613. The van der Waals surface area contributed by atoms with Crippen molar-refractivity contribution < 1.29 is 14.0 Å². The van der Waals surface area contributed by atoms with Gasteiger partial charge in [0, 0.05) is 5.56 Å². The summed E-state index contributed by atoms with van der Waals surface area (Å²) in [4.78, 5) is 12.6. The molecule has 3 aromatic rings. The lowest BCUT2D eigenvalue weighted by Crippen LogP contribution is -2.48. The van der Waals surface area contributed by atoms with E-state index < -0.39 is 8.32 Å². The predicted molar refractivity (Wildman–Crippen MR) is 145 cm³/mol. The van der Waals surface area contributed by atoms with E-state index in [0.29, 0.717) is 11.0 Å². The van der Waals surface area contributed by atoms with E-state index in [1.807, 2.05) is 44.9 Å². The molecule has 0 atom stereocenters. The SMILES string of the molecule is COc1ccc(-c2ccc3cc(C(=O)O[Si](C)(C)C)ccc3c2)cc1C12CC3CC(CC(C3)C1)C2. The summed E-state index contributed by atoms with van der Waals surface area (Å²) in [6, 6.07) is 19.3. The largest absolute Gasteiger partial charge is 0.516 e. The molecule has 3 nitrogen and oxygen atoms in total. The van der Waals surface area contributed by atoms with E-state index >= 15 is 0 Å². The zero-order valence-corrected chi connectivity index (χ0v) is 22.4. The smallest absolute Gasteiger partial charge is 0.324 e. The van der Waals surface area contributed by atoms with Gasteiger partial charge in [0.25, 0.3) is 0 Å². The maximum Gasteiger partial charge on any atom is 0.324 e. The number of ether oxygens (including phenoxy) is 1. The van der Waals surface area contributed by atoms with Gasteiger partial charge in [-0.3, -0.25) is 0 Å². The summed E-state index contributed by atoms with van der Waals surface area (Å²) in [6.07, 6.45) is 8.31. The van der Waals surface area contributed by atoms with E-state index in [4.69, 9.17) is 9.16 Å². The third-order valence-corrected chi connectivity index (χ3v) is 9.41. The molecule has 182 valence electrons. The van der Waals surface area contributed by atoms with Crippen LogP contribution in [0.3, 0.4) is 0 Å². The van der Waals surface area contributed by atoms with Crippen LogP contribution in [0.25, 0.3) is 21.9 Å². The van der Waals surface area contributed by atoms with Gasteiger partial charge in [0.15, 0.2) is 0 Å². The van der Waals surface area contributed by atoms with Gasteiger partial charge in [-0.05, 0) is 134 Å². The minimum atomic E-state index is -1.92. The first-order chi connectivity index (χ1) is 16.7. The van der Waals surface area contributed by atoms with Gasteiger partial charge in [-0.25, -0.2) is 4.79 Å². The number of rotatable bonds is 5. The monoisotopic (exact) mass is 484 g/mol. The summed E-state index contributed by atoms with van der Waals surface area (Å²) >= 11 is 0. The molecule has 4 bridgehead atoms. The number of methoxy groups -OCH3 is 1. The van der Waals surface area contributed by atoms with Gasteiger partial charge < -0.3 is 9.16 Å². The van der Waals surface area contributed by atoms with Crippen LogP contribution < -0.4 is 4.74 Å². The summed E-state index contributed by atoms with van der Waals surface area (Å²) < 4.78 is 11.6. The first-order valence-electron chi connectivity index (χ1n) is 13.2. The van der Waals surface area contributed by atoms with Crippen LogP contribution in [0.4, 0.5) is 0 Å². The summed E-state index contributed by atoms with van der Waals surface area (Å²) in [5.74, 6) is 3.54. The van der Waals surface area contributed by atoms with E-state index in [0.717, 1.165) is 34.3 Å². The fraction of sp³-hybridized carbons (Fsp3) is 0.452. The lowest BCUT2D eigenvalue weighted by atomic mass is 9.48.